The Kier molecular flexibility index (Phi) is 5.28. The summed E-state index contributed by atoms with van der Waals surface area (Å²) >= 11 is 0. The molecule has 0 spiro atoms. The van der Waals surface area contributed by atoms with E-state index in [1.807, 2.05) is 47.2 Å². The third-order valence-electron chi connectivity index (χ3n) is 4.13. The third-order valence-corrected chi connectivity index (χ3v) is 4.13. The molecule has 0 aliphatic carbocycles. The zero-order chi connectivity index (χ0) is 17.6. The fourth-order valence-electron chi connectivity index (χ4n) is 2.72. The molecular weight excluding hydrogens is 316 g/mol. The van der Waals surface area contributed by atoms with Gasteiger partial charge in [0.05, 0.1) is 6.54 Å². The molecule has 130 valence electrons. The van der Waals surface area contributed by atoms with E-state index in [-0.39, 0.29) is 5.91 Å². The van der Waals surface area contributed by atoms with Crippen molar-refractivity contribution in [2.75, 3.05) is 7.05 Å². The summed E-state index contributed by atoms with van der Waals surface area (Å²) in [6.45, 7) is 3.10. The summed E-state index contributed by atoms with van der Waals surface area (Å²) in [5, 5.41) is 4.08. The molecule has 0 saturated carbocycles. The van der Waals surface area contributed by atoms with Gasteiger partial charge in [-0.25, -0.2) is 4.98 Å². The van der Waals surface area contributed by atoms with Crippen LogP contribution in [0.15, 0.2) is 53.3 Å². The average Bonchev–Trinajstić information content (AvgIpc) is 3.29. The van der Waals surface area contributed by atoms with Crippen molar-refractivity contribution < 1.29 is 9.32 Å². The van der Waals surface area contributed by atoms with Gasteiger partial charge in [-0.1, -0.05) is 42.4 Å². The van der Waals surface area contributed by atoms with Crippen molar-refractivity contribution in [1.29, 1.82) is 0 Å². The minimum atomic E-state index is 0.0633. The van der Waals surface area contributed by atoms with E-state index >= 15 is 0 Å². The molecule has 6 nitrogen and oxygen atoms in total. The summed E-state index contributed by atoms with van der Waals surface area (Å²) in [7, 11) is 1.78. The first-order valence-corrected chi connectivity index (χ1v) is 8.42. The van der Waals surface area contributed by atoms with E-state index in [2.05, 4.69) is 17.1 Å². The summed E-state index contributed by atoms with van der Waals surface area (Å²) in [5.74, 6) is 1.73. The Hall–Kier alpha value is -2.89. The summed E-state index contributed by atoms with van der Waals surface area (Å²) in [6, 6.07) is 11.7. The van der Waals surface area contributed by atoms with Crippen LogP contribution in [0.4, 0.5) is 0 Å². The lowest BCUT2D eigenvalue weighted by molar-refractivity contribution is -0.130. The van der Waals surface area contributed by atoms with Gasteiger partial charge in [0.25, 0.3) is 0 Å². The highest BCUT2D eigenvalue weighted by Gasteiger charge is 2.14. The molecule has 3 aromatic rings. The van der Waals surface area contributed by atoms with Crippen LogP contribution in [0.5, 0.6) is 0 Å². The molecular formula is C19H22N4O2. The van der Waals surface area contributed by atoms with E-state index in [1.54, 1.807) is 18.1 Å². The van der Waals surface area contributed by atoms with E-state index in [4.69, 9.17) is 4.52 Å². The second-order valence-electron chi connectivity index (χ2n) is 5.93. The summed E-state index contributed by atoms with van der Waals surface area (Å²) in [5.41, 5.74) is 1.78. The molecule has 1 aromatic carbocycles. The molecule has 0 atom stereocenters. The molecule has 0 bridgehead atoms. The van der Waals surface area contributed by atoms with Crippen molar-refractivity contribution >= 4 is 5.91 Å². The maximum Gasteiger partial charge on any atom is 0.224 e. The van der Waals surface area contributed by atoms with Gasteiger partial charge in [0.2, 0.25) is 5.91 Å². The van der Waals surface area contributed by atoms with Crippen molar-refractivity contribution in [2.45, 2.75) is 32.9 Å². The molecule has 0 unspecified atom stereocenters. The van der Waals surface area contributed by atoms with E-state index in [9.17, 15) is 4.79 Å². The van der Waals surface area contributed by atoms with Gasteiger partial charge in [-0.15, -0.1) is 0 Å². The number of aryl methyl sites for hydroxylation is 2. The summed E-state index contributed by atoms with van der Waals surface area (Å²) in [4.78, 5) is 18.3. The Morgan fingerprint density at radius 1 is 1.28 bits per heavy atom. The lowest BCUT2D eigenvalue weighted by atomic mass is 10.1. The minimum absolute atomic E-state index is 0.0633. The van der Waals surface area contributed by atoms with Gasteiger partial charge in [0.1, 0.15) is 11.5 Å². The Balaban J connectivity index is 1.56. The van der Waals surface area contributed by atoms with Crippen molar-refractivity contribution in [3.63, 3.8) is 0 Å². The van der Waals surface area contributed by atoms with E-state index in [0.29, 0.717) is 25.3 Å². The molecule has 2 heterocycles. The van der Waals surface area contributed by atoms with Gasteiger partial charge in [-0.2, -0.15) is 0 Å². The topological polar surface area (TPSA) is 64.2 Å². The molecule has 0 radical (unpaired) electrons. The second kappa shape index (κ2) is 7.79. The Labute approximate surface area is 147 Å². The predicted molar refractivity (Wildman–Crippen MR) is 94.6 cm³/mol. The number of imidazole rings is 1. The smallest absolute Gasteiger partial charge is 0.224 e. The van der Waals surface area contributed by atoms with Gasteiger partial charge in [-0.05, 0) is 0 Å². The molecule has 0 aliphatic rings. The van der Waals surface area contributed by atoms with Crippen molar-refractivity contribution in [1.82, 2.24) is 19.6 Å². The second-order valence-corrected chi connectivity index (χ2v) is 5.93. The number of amides is 1. The van der Waals surface area contributed by atoms with E-state index in [0.717, 1.165) is 23.5 Å². The van der Waals surface area contributed by atoms with Crippen molar-refractivity contribution in [2.24, 2.45) is 0 Å². The number of hydrogen-bond donors (Lipinski definition) is 0. The van der Waals surface area contributed by atoms with Gasteiger partial charge in [0, 0.05) is 50.5 Å². The highest BCUT2D eigenvalue weighted by atomic mass is 16.5. The maximum atomic E-state index is 12.3. The molecule has 0 aliphatic heterocycles. The molecule has 6 heteroatoms. The van der Waals surface area contributed by atoms with Crippen LogP contribution < -0.4 is 0 Å². The quantitative estimate of drug-likeness (QED) is 0.664. The third kappa shape index (κ3) is 4.15. The first-order valence-electron chi connectivity index (χ1n) is 8.42. The standard InChI is InChI=1S/C19H22N4O2/c1-3-18-20-10-12-23(18)11-9-19(24)22(2)14-16-13-17(21-25-16)15-7-5-4-6-8-15/h4-8,10,12-13H,3,9,11,14H2,1-2H3. The molecule has 0 fully saturated rings. The van der Waals surface area contributed by atoms with Gasteiger partial charge >= 0.3 is 0 Å². The number of carbonyl (C=O) groups is 1. The van der Waals surface area contributed by atoms with Crippen molar-refractivity contribution in [3.05, 3.63) is 60.4 Å². The molecule has 3 rings (SSSR count). The van der Waals surface area contributed by atoms with E-state index < -0.39 is 0 Å². The molecule has 25 heavy (non-hydrogen) atoms. The number of nitrogens with zero attached hydrogens (tertiary/aromatic N) is 4. The maximum absolute atomic E-state index is 12.3. The monoisotopic (exact) mass is 338 g/mol. The number of benzene rings is 1. The van der Waals surface area contributed by atoms with Gasteiger partial charge < -0.3 is 14.0 Å². The number of carbonyl (C=O) groups excluding carboxylic acids is 1. The zero-order valence-corrected chi connectivity index (χ0v) is 14.6. The predicted octanol–water partition coefficient (Wildman–Crippen LogP) is 3.15. The van der Waals surface area contributed by atoms with E-state index in [1.165, 1.54) is 0 Å². The molecule has 0 N–H and O–H groups in total. The highest BCUT2D eigenvalue weighted by molar-refractivity contribution is 5.75. The van der Waals surface area contributed by atoms with Gasteiger partial charge in [0.15, 0.2) is 5.76 Å². The molecule has 2 aromatic heterocycles. The summed E-state index contributed by atoms with van der Waals surface area (Å²) in [6.07, 6.45) is 4.97. The number of rotatable bonds is 7. The van der Waals surface area contributed by atoms with Crippen LogP contribution in [0, 0.1) is 0 Å². The molecule has 0 saturated heterocycles. The Bertz CT molecular complexity index is 823. The lowest BCUT2D eigenvalue weighted by Gasteiger charge is -2.15. The largest absolute Gasteiger partial charge is 0.359 e. The fraction of sp³-hybridized carbons (Fsp3) is 0.316. The van der Waals surface area contributed by atoms with Crippen LogP contribution in [0.2, 0.25) is 0 Å². The first kappa shape index (κ1) is 17.0. The summed E-state index contributed by atoms with van der Waals surface area (Å²) < 4.78 is 7.39. The number of hydrogen-bond acceptors (Lipinski definition) is 4. The van der Waals surface area contributed by atoms with Crippen LogP contribution in [-0.2, 0) is 24.3 Å². The minimum Gasteiger partial charge on any atom is -0.359 e. The zero-order valence-electron chi connectivity index (χ0n) is 14.6. The lowest BCUT2D eigenvalue weighted by Crippen LogP contribution is -2.27. The van der Waals surface area contributed by atoms with Crippen LogP contribution in [0.25, 0.3) is 11.3 Å². The normalized spacial score (nSPS) is 10.8. The SMILES string of the molecule is CCc1nccn1CCC(=O)N(C)Cc1cc(-c2ccccc2)no1. The fourth-order valence-corrected chi connectivity index (χ4v) is 2.72. The van der Waals surface area contributed by atoms with Crippen LogP contribution in [0.3, 0.4) is 0 Å². The first-order chi connectivity index (χ1) is 12.2. The highest BCUT2D eigenvalue weighted by Crippen LogP contribution is 2.19. The Morgan fingerprint density at radius 2 is 2.08 bits per heavy atom. The molecule has 1 amide bonds. The van der Waals surface area contributed by atoms with Crippen LogP contribution in [0.1, 0.15) is 24.9 Å². The van der Waals surface area contributed by atoms with Gasteiger partial charge in [-0.3, -0.25) is 4.79 Å². The average molecular weight is 338 g/mol. The number of aromatic nitrogens is 3. The van der Waals surface area contributed by atoms with Crippen molar-refractivity contribution in [3.8, 4) is 11.3 Å². The van der Waals surface area contributed by atoms with Crippen LogP contribution >= 0.6 is 0 Å². The Morgan fingerprint density at radius 3 is 2.84 bits per heavy atom. The van der Waals surface area contributed by atoms with Crippen LogP contribution in [-0.4, -0.2) is 32.6 Å².